The number of ketones is 1. The highest BCUT2D eigenvalue weighted by Crippen LogP contribution is 2.40. The zero-order valence-electron chi connectivity index (χ0n) is 10.2. The Balaban J connectivity index is 1.92. The fraction of sp³-hybridized carbons (Fsp3) is 0.462. The van der Waals surface area contributed by atoms with Gasteiger partial charge in [0.25, 0.3) is 0 Å². The molecule has 0 amide bonds. The minimum Gasteiger partial charge on any atom is -0.299 e. The summed E-state index contributed by atoms with van der Waals surface area (Å²) in [6.07, 6.45) is 1.06. The van der Waals surface area contributed by atoms with E-state index in [0.29, 0.717) is 24.3 Å². The summed E-state index contributed by atoms with van der Waals surface area (Å²) in [5.74, 6) is 0.159. The number of nitrogens with zero attached hydrogens (tertiary/aromatic N) is 1. The van der Waals surface area contributed by atoms with Gasteiger partial charge >= 0.3 is 0 Å². The predicted octanol–water partition coefficient (Wildman–Crippen LogP) is 1.35. The zero-order valence-corrected chi connectivity index (χ0v) is 11.0. The Hall–Kier alpha value is -1.20. The zero-order chi connectivity index (χ0) is 12.9. The molecule has 0 N–H and O–H groups in total. The van der Waals surface area contributed by atoms with Gasteiger partial charge in [0.15, 0.2) is 0 Å². The van der Waals surface area contributed by atoms with Crippen molar-refractivity contribution in [2.75, 3.05) is 6.54 Å². The SMILES string of the molecule is Cc1ccc(S(=O)(=O)N2CC[C@H]3C(=O)C[C@H]32)cc1. The first-order chi connectivity index (χ1) is 8.50. The van der Waals surface area contributed by atoms with E-state index in [2.05, 4.69) is 0 Å². The van der Waals surface area contributed by atoms with Crippen LogP contribution in [-0.2, 0) is 14.8 Å². The third-order valence-corrected chi connectivity index (χ3v) is 5.89. The molecule has 1 saturated carbocycles. The minimum absolute atomic E-state index is 0.0507. The second kappa shape index (κ2) is 3.90. The second-order valence-electron chi connectivity index (χ2n) is 5.06. The Kier molecular flexibility index (Phi) is 2.57. The highest BCUT2D eigenvalue weighted by atomic mass is 32.2. The topological polar surface area (TPSA) is 54.5 Å². The van der Waals surface area contributed by atoms with Crippen LogP contribution >= 0.6 is 0 Å². The number of aryl methyl sites for hydroxylation is 1. The van der Waals surface area contributed by atoms with Gasteiger partial charge < -0.3 is 0 Å². The van der Waals surface area contributed by atoms with Gasteiger partial charge in [-0.25, -0.2) is 8.42 Å². The second-order valence-corrected chi connectivity index (χ2v) is 6.95. The third-order valence-electron chi connectivity index (χ3n) is 3.95. The van der Waals surface area contributed by atoms with E-state index in [9.17, 15) is 13.2 Å². The lowest BCUT2D eigenvalue weighted by Gasteiger charge is -2.33. The molecule has 1 saturated heterocycles. The molecular formula is C13H15NO3S. The summed E-state index contributed by atoms with van der Waals surface area (Å²) in [6, 6.07) is 6.78. The van der Waals surface area contributed by atoms with Crippen LogP contribution in [0.5, 0.6) is 0 Å². The van der Waals surface area contributed by atoms with Gasteiger partial charge in [-0.15, -0.1) is 0 Å². The fourth-order valence-corrected chi connectivity index (χ4v) is 4.46. The van der Waals surface area contributed by atoms with E-state index in [-0.39, 0.29) is 17.7 Å². The summed E-state index contributed by atoms with van der Waals surface area (Å²) in [4.78, 5) is 11.7. The molecule has 1 heterocycles. The van der Waals surface area contributed by atoms with Crippen molar-refractivity contribution in [2.45, 2.75) is 30.7 Å². The number of carbonyl (C=O) groups is 1. The molecule has 0 spiro atoms. The average Bonchev–Trinajstić information content (AvgIpc) is 2.67. The Morgan fingerprint density at radius 2 is 1.89 bits per heavy atom. The Bertz CT molecular complexity index is 591. The summed E-state index contributed by atoms with van der Waals surface area (Å²) >= 11 is 0. The molecule has 1 aromatic rings. The summed E-state index contributed by atoms with van der Waals surface area (Å²) in [5.41, 5.74) is 1.03. The number of carbonyl (C=O) groups excluding carboxylic acids is 1. The highest BCUT2D eigenvalue weighted by molar-refractivity contribution is 7.89. The summed E-state index contributed by atoms with van der Waals surface area (Å²) < 4.78 is 26.4. The van der Waals surface area contributed by atoms with Crippen molar-refractivity contribution >= 4 is 15.8 Å². The smallest absolute Gasteiger partial charge is 0.243 e. The molecule has 0 radical (unpaired) electrons. The van der Waals surface area contributed by atoms with Crippen LogP contribution in [-0.4, -0.2) is 31.1 Å². The molecule has 1 aromatic carbocycles. The van der Waals surface area contributed by atoms with E-state index < -0.39 is 10.0 Å². The van der Waals surface area contributed by atoms with E-state index in [1.807, 2.05) is 6.92 Å². The van der Waals surface area contributed by atoms with Crippen LogP contribution in [0.25, 0.3) is 0 Å². The monoisotopic (exact) mass is 265 g/mol. The van der Waals surface area contributed by atoms with Gasteiger partial charge in [0.1, 0.15) is 5.78 Å². The van der Waals surface area contributed by atoms with Crippen molar-refractivity contribution in [3.63, 3.8) is 0 Å². The number of fused-ring (bicyclic) bond motifs is 1. The molecule has 96 valence electrons. The quantitative estimate of drug-likeness (QED) is 0.811. The maximum absolute atomic E-state index is 12.5. The molecule has 0 unspecified atom stereocenters. The first-order valence-electron chi connectivity index (χ1n) is 6.11. The van der Waals surface area contributed by atoms with Crippen molar-refractivity contribution in [3.8, 4) is 0 Å². The molecular weight excluding hydrogens is 250 g/mol. The molecule has 2 atom stereocenters. The largest absolute Gasteiger partial charge is 0.299 e. The Morgan fingerprint density at radius 3 is 2.44 bits per heavy atom. The summed E-state index contributed by atoms with van der Waals surface area (Å²) in [6.45, 7) is 2.39. The lowest BCUT2D eigenvalue weighted by atomic mass is 9.79. The number of rotatable bonds is 2. The molecule has 0 aromatic heterocycles. The third kappa shape index (κ3) is 1.61. The minimum atomic E-state index is -3.43. The predicted molar refractivity (Wildman–Crippen MR) is 66.6 cm³/mol. The fourth-order valence-electron chi connectivity index (χ4n) is 2.79. The van der Waals surface area contributed by atoms with Crippen LogP contribution in [0.2, 0.25) is 0 Å². The maximum atomic E-state index is 12.5. The lowest BCUT2D eigenvalue weighted by Crippen LogP contribution is -2.48. The molecule has 2 fully saturated rings. The van der Waals surface area contributed by atoms with Crippen LogP contribution in [0.4, 0.5) is 0 Å². The van der Waals surface area contributed by atoms with E-state index in [1.165, 1.54) is 4.31 Å². The van der Waals surface area contributed by atoms with Crippen molar-refractivity contribution in [2.24, 2.45) is 5.92 Å². The number of benzene rings is 1. The maximum Gasteiger partial charge on any atom is 0.243 e. The van der Waals surface area contributed by atoms with Gasteiger partial charge in [-0.2, -0.15) is 4.31 Å². The normalized spacial score (nSPS) is 27.9. The molecule has 18 heavy (non-hydrogen) atoms. The molecule has 4 nitrogen and oxygen atoms in total. The molecule has 1 aliphatic heterocycles. The Labute approximate surface area is 107 Å². The lowest BCUT2D eigenvalue weighted by molar-refractivity contribution is -0.130. The van der Waals surface area contributed by atoms with E-state index in [0.717, 1.165) is 5.56 Å². The number of hydrogen-bond donors (Lipinski definition) is 0. The van der Waals surface area contributed by atoms with Crippen molar-refractivity contribution in [1.82, 2.24) is 4.31 Å². The van der Waals surface area contributed by atoms with Gasteiger partial charge in [-0.3, -0.25) is 4.79 Å². The molecule has 0 bridgehead atoms. The summed E-state index contributed by atoms with van der Waals surface area (Å²) in [7, 11) is -3.43. The van der Waals surface area contributed by atoms with Crippen LogP contribution in [0.15, 0.2) is 29.2 Å². The highest BCUT2D eigenvalue weighted by Gasteiger charge is 2.51. The number of Topliss-reactive ketones (excluding diaryl/α,β-unsaturated/α-hetero) is 1. The van der Waals surface area contributed by atoms with Gasteiger partial charge in [0, 0.05) is 24.9 Å². The van der Waals surface area contributed by atoms with Crippen molar-refractivity contribution in [1.29, 1.82) is 0 Å². The van der Waals surface area contributed by atoms with Crippen molar-refractivity contribution < 1.29 is 13.2 Å². The molecule has 5 heteroatoms. The van der Waals surface area contributed by atoms with Gasteiger partial charge in [-0.1, -0.05) is 17.7 Å². The molecule has 3 rings (SSSR count). The first-order valence-corrected chi connectivity index (χ1v) is 7.55. The van der Waals surface area contributed by atoms with Crippen molar-refractivity contribution in [3.05, 3.63) is 29.8 Å². The molecule has 1 aliphatic carbocycles. The van der Waals surface area contributed by atoms with Crippen LogP contribution in [0.3, 0.4) is 0 Å². The number of hydrogen-bond acceptors (Lipinski definition) is 3. The summed E-state index contributed by atoms with van der Waals surface area (Å²) in [5, 5.41) is 0. The van der Waals surface area contributed by atoms with Gasteiger partial charge in [0.05, 0.1) is 4.90 Å². The Morgan fingerprint density at radius 1 is 1.22 bits per heavy atom. The van der Waals surface area contributed by atoms with Gasteiger partial charge in [0.2, 0.25) is 10.0 Å². The first kappa shape index (κ1) is 11.9. The number of sulfonamides is 1. The molecule has 2 aliphatic rings. The van der Waals surface area contributed by atoms with E-state index in [4.69, 9.17) is 0 Å². The van der Waals surface area contributed by atoms with E-state index >= 15 is 0 Å². The van der Waals surface area contributed by atoms with Crippen LogP contribution < -0.4 is 0 Å². The van der Waals surface area contributed by atoms with Gasteiger partial charge in [-0.05, 0) is 25.5 Å². The standard InChI is InChI=1S/C13H15NO3S/c1-9-2-4-10(5-3-9)18(16,17)14-7-6-11-12(14)8-13(11)15/h2-5,11-12H,6-8H2,1H3/t11-,12-/m1/s1. The van der Waals surface area contributed by atoms with E-state index in [1.54, 1.807) is 24.3 Å². The average molecular weight is 265 g/mol. The van der Waals surface area contributed by atoms with Crippen LogP contribution in [0.1, 0.15) is 18.4 Å². The van der Waals surface area contributed by atoms with Crippen LogP contribution in [0, 0.1) is 12.8 Å².